The maximum atomic E-state index is 9.65. The fourth-order valence-electron chi connectivity index (χ4n) is 0.0621. The predicted molar refractivity (Wildman–Crippen MR) is 31.4 cm³/mol. The van der Waals surface area contributed by atoms with Crippen molar-refractivity contribution in [3.05, 3.63) is 11.6 Å². The molecule has 0 aromatic carbocycles. The normalized spacial score (nSPS) is 8.14. The summed E-state index contributed by atoms with van der Waals surface area (Å²) in [7, 11) is 0. The third-order valence-corrected chi connectivity index (χ3v) is 0.353. The molecule has 0 rings (SSSR count). The summed E-state index contributed by atoms with van der Waals surface area (Å²) in [6.07, 6.45) is 1.07. The molecule has 0 unspecified atom stereocenters. The van der Waals surface area contributed by atoms with Crippen molar-refractivity contribution in [1.29, 1.82) is 0 Å². The molecule has 2 N–H and O–H groups in total. The molecule has 0 aliphatic heterocycles. The van der Waals surface area contributed by atoms with Crippen molar-refractivity contribution in [3.63, 3.8) is 0 Å². The number of hydrogen-bond donors (Lipinski definition) is 1. The van der Waals surface area contributed by atoms with Crippen LogP contribution in [0.4, 0.5) is 0 Å². The van der Waals surface area contributed by atoms with E-state index in [1.54, 1.807) is 0 Å². The second-order valence-electron chi connectivity index (χ2n) is 0.695. The van der Waals surface area contributed by atoms with Gasteiger partial charge in [0.25, 0.3) is 0 Å². The Morgan fingerprint density at radius 2 is 2.14 bits per heavy atom. The minimum absolute atomic E-state index is 0. The SMILES string of the molecule is Cl.NC(=O)C=CCl. The van der Waals surface area contributed by atoms with Crippen LogP contribution in [0.2, 0.25) is 0 Å². The standard InChI is InChI=1S/C3H4ClNO.ClH/c4-2-1-3(5)6;/h1-2H,(H2,5,6);1H. The van der Waals surface area contributed by atoms with Gasteiger partial charge in [-0.3, -0.25) is 4.79 Å². The number of amides is 1. The van der Waals surface area contributed by atoms with Gasteiger partial charge in [0.2, 0.25) is 5.91 Å². The van der Waals surface area contributed by atoms with Crippen LogP contribution in [0, 0.1) is 0 Å². The summed E-state index contributed by atoms with van der Waals surface area (Å²) >= 11 is 4.92. The Kier molecular flexibility index (Phi) is 8.21. The highest BCUT2D eigenvalue weighted by molar-refractivity contribution is 6.26. The molecule has 2 nitrogen and oxygen atoms in total. The van der Waals surface area contributed by atoms with Gasteiger partial charge >= 0.3 is 0 Å². The van der Waals surface area contributed by atoms with E-state index in [0.717, 1.165) is 11.6 Å². The Morgan fingerprint density at radius 3 is 2.14 bits per heavy atom. The van der Waals surface area contributed by atoms with Crippen LogP contribution in [0.25, 0.3) is 0 Å². The summed E-state index contributed by atoms with van der Waals surface area (Å²) in [6, 6.07) is 0. The van der Waals surface area contributed by atoms with Crippen LogP contribution < -0.4 is 5.73 Å². The van der Waals surface area contributed by atoms with Crippen LogP contribution in [-0.4, -0.2) is 5.91 Å². The molecule has 0 fully saturated rings. The van der Waals surface area contributed by atoms with Gasteiger partial charge in [-0.2, -0.15) is 0 Å². The quantitative estimate of drug-likeness (QED) is 0.536. The van der Waals surface area contributed by atoms with E-state index in [1.807, 2.05) is 0 Å². The Balaban J connectivity index is 0. The zero-order valence-corrected chi connectivity index (χ0v) is 5.00. The van der Waals surface area contributed by atoms with Crippen molar-refractivity contribution in [2.45, 2.75) is 0 Å². The minimum Gasteiger partial charge on any atom is -0.366 e. The van der Waals surface area contributed by atoms with Crippen molar-refractivity contribution in [2.75, 3.05) is 0 Å². The van der Waals surface area contributed by atoms with Gasteiger partial charge in [-0.15, -0.1) is 12.4 Å². The van der Waals surface area contributed by atoms with Crippen LogP contribution in [0.15, 0.2) is 11.6 Å². The zero-order chi connectivity index (χ0) is 4.99. The van der Waals surface area contributed by atoms with Crippen molar-refractivity contribution >= 4 is 29.9 Å². The van der Waals surface area contributed by atoms with Gasteiger partial charge < -0.3 is 5.73 Å². The van der Waals surface area contributed by atoms with Gasteiger partial charge in [-0.1, -0.05) is 11.6 Å². The molecule has 0 aliphatic rings. The third kappa shape index (κ3) is 10.7. The highest BCUT2D eigenvalue weighted by Gasteiger charge is 1.74. The second-order valence-corrected chi connectivity index (χ2v) is 0.947. The maximum absolute atomic E-state index is 9.65. The molecule has 0 bridgehead atoms. The monoisotopic (exact) mass is 141 g/mol. The Labute approximate surface area is 52.7 Å². The number of rotatable bonds is 1. The van der Waals surface area contributed by atoms with E-state index in [9.17, 15) is 4.79 Å². The average Bonchev–Trinajstić information content (AvgIpc) is 1.35. The summed E-state index contributed by atoms with van der Waals surface area (Å²) in [4.78, 5) is 9.65. The van der Waals surface area contributed by atoms with E-state index in [0.29, 0.717) is 0 Å². The van der Waals surface area contributed by atoms with E-state index < -0.39 is 5.91 Å². The first-order valence-electron chi connectivity index (χ1n) is 1.33. The highest BCUT2D eigenvalue weighted by Crippen LogP contribution is 1.72. The van der Waals surface area contributed by atoms with E-state index in [4.69, 9.17) is 11.6 Å². The summed E-state index contributed by atoms with van der Waals surface area (Å²) in [6.45, 7) is 0. The van der Waals surface area contributed by atoms with Crippen LogP contribution >= 0.6 is 24.0 Å². The molecule has 1 amide bonds. The predicted octanol–water partition coefficient (Wildman–Crippen LogP) is 0.646. The van der Waals surface area contributed by atoms with Gasteiger partial charge in [0.05, 0.1) is 0 Å². The minimum atomic E-state index is -0.523. The molecule has 0 spiro atoms. The fourth-order valence-corrected chi connectivity index (χ4v) is 0.186. The van der Waals surface area contributed by atoms with Gasteiger partial charge in [0.1, 0.15) is 0 Å². The maximum Gasteiger partial charge on any atom is 0.242 e. The third-order valence-electron chi connectivity index (χ3n) is 0.227. The zero-order valence-electron chi connectivity index (χ0n) is 3.43. The highest BCUT2D eigenvalue weighted by atomic mass is 35.5. The summed E-state index contributed by atoms with van der Waals surface area (Å²) < 4.78 is 0. The van der Waals surface area contributed by atoms with Crippen LogP contribution in [0.1, 0.15) is 0 Å². The topological polar surface area (TPSA) is 43.1 Å². The molecular weight excluding hydrogens is 137 g/mol. The molecule has 4 heteroatoms. The number of carbonyl (C=O) groups is 1. The van der Waals surface area contributed by atoms with E-state index in [2.05, 4.69) is 5.73 Å². The lowest BCUT2D eigenvalue weighted by atomic mass is 10.6. The smallest absolute Gasteiger partial charge is 0.242 e. The van der Waals surface area contributed by atoms with Gasteiger partial charge in [-0.05, 0) is 0 Å². The second kappa shape index (κ2) is 5.79. The van der Waals surface area contributed by atoms with Gasteiger partial charge in [-0.25, -0.2) is 0 Å². The Hall–Kier alpha value is -0.210. The van der Waals surface area contributed by atoms with Gasteiger partial charge in [0, 0.05) is 11.6 Å². The summed E-state index contributed by atoms with van der Waals surface area (Å²) in [5, 5.41) is 0. The first kappa shape index (κ1) is 9.92. The molecule has 0 aromatic rings. The van der Waals surface area contributed by atoms with E-state index >= 15 is 0 Å². The molecule has 0 saturated carbocycles. The van der Waals surface area contributed by atoms with Gasteiger partial charge in [0.15, 0.2) is 0 Å². The molecule has 0 heterocycles. The number of nitrogens with two attached hydrogens (primary N) is 1. The Morgan fingerprint density at radius 1 is 1.71 bits per heavy atom. The number of primary amides is 1. The molecule has 0 saturated heterocycles. The molecule has 0 aromatic heterocycles. The molecule has 0 aliphatic carbocycles. The number of carbonyl (C=O) groups excluding carboxylic acids is 1. The lowest BCUT2D eigenvalue weighted by Gasteiger charge is -1.68. The van der Waals surface area contributed by atoms with Crippen LogP contribution in [0.3, 0.4) is 0 Å². The van der Waals surface area contributed by atoms with Crippen molar-refractivity contribution in [2.24, 2.45) is 5.73 Å². The average molecular weight is 142 g/mol. The van der Waals surface area contributed by atoms with Crippen molar-refractivity contribution < 1.29 is 4.79 Å². The largest absolute Gasteiger partial charge is 0.366 e. The summed E-state index contributed by atoms with van der Waals surface area (Å²) in [5.74, 6) is -0.523. The first-order valence-corrected chi connectivity index (χ1v) is 1.77. The lowest BCUT2D eigenvalue weighted by Crippen LogP contribution is -2.04. The number of halogens is 2. The van der Waals surface area contributed by atoms with Crippen molar-refractivity contribution in [1.82, 2.24) is 0 Å². The first-order chi connectivity index (χ1) is 2.77. The molecule has 7 heavy (non-hydrogen) atoms. The Bertz CT molecular complexity index is 81.0. The molecular formula is C3H5Cl2NO. The molecule has 0 radical (unpaired) electrons. The molecule has 0 atom stereocenters. The summed E-state index contributed by atoms with van der Waals surface area (Å²) in [5.41, 5.74) is 5.66. The van der Waals surface area contributed by atoms with Crippen LogP contribution in [0.5, 0.6) is 0 Å². The van der Waals surface area contributed by atoms with Crippen molar-refractivity contribution in [3.8, 4) is 0 Å². The van der Waals surface area contributed by atoms with E-state index in [-0.39, 0.29) is 12.4 Å². The fraction of sp³-hybridized carbons (Fsp3) is 0. The van der Waals surface area contributed by atoms with Crippen LogP contribution in [-0.2, 0) is 4.79 Å². The van der Waals surface area contributed by atoms with E-state index in [1.165, 1.54) is 0 Å². The number of hydrogen-bond acceptors (Lipinski definition) is 1. The lowest BCUT2D eigenvalue weighted by molar-refractivity contribution is -0.113. The molecule has 42 valence electrons.